The zero-order valence-electron chi connectivity index (χ0n) is 11.7. The number of aromatic nitrogens is 2. The van der Waals surface area contributed by atoms with Gasteiger partial charge < -0.3 is 10.5 Å². The van der Waals surface area contributed by atoms with Crippen molar-refractivity contribution in [2.45, 2.75) is 26.2 Å². The van der Waals surface area contributed by atoms with Crippen LogP contribution in [0.5, 0.6) is 11.6 Å². The number of hydrogen-bond donors (Lipinski definition) is 1. The lowest BCUT2D eigenvalue weighted by atomic mass is 9.96. The molecular weight excluding hydrogens is 377 g/mol. The highest BCUT2D eigenvalue weighted by Crippen LogP contribution is 2.36. The average molecular weight is 391 g/mol. The van der Waals surface area contributed by atoms with Gasteiger partial charge in [0.2, 0.25) is 5.88 Å². The summed E-state index contributed by atoms with van der Waals surface area (Å²) in [6.07, 6.45) is 0. The van der Waals surface area contributed by atoms with E-state index in [0.29, 0.717) is 37.8 Å². The summed E-state index contributed by atoms with van der Waals surface area (Å²) >= 11 is 15.3. The van der Waals surface area contributed by atoms with E-state index in [9.17, 15) is 0 Å². The Balaban J connectivity index is 2.46. The van der Waals surface area contributed by atoms with Gasteiger partial charge in [-0.3, -0.25) is 0 Å². The van der Waals surface area contributed by atoms with Gasteiger partial charge in [0.05, 0.1) is 5.02 Å². The highest BCUT2D eigenvalue weighted by Gasteiger charge is 2.22. The molecule has 0 aliphatic heterocycles. The van der Waals surface area contributed by atoms with Gasteiger partial charge in [-0.05, 0) is 34.1 Å². The van der Waals surface area contributed by atoms with E-state index in [2.05, 4.69) is 25.9 Å². The molecule has 112 valence electrons. The first-order valence-corrected chi connectivity index (χ1v) is 7.70. The Morgan fingerprint density at radius 1 is 1.19 bits per heavy atom. The fourth-order valence-corrected chi connectivity index (χ4v) is 2.21. The quantitative estimate of drug-likeness (QED) is 0.763. The summed E-state index contributed by atoms with van der Waals surface area (Å²) in [5.41, 5.74) is 5.65. The van der Waals surface area contributed by atoms with Crippen molar-refractivity contribution in [3.63, 3.8) is 0 Å². The third-order valence-corrected chi connectivity index (χ3v) is 3.89. The van der Waals surface area contributed by atoms with E-state index in [1.165, 1.54) is 0 Å². The van der Waals surface area contributed by atoms with E-state index in [4.69, 9.17) is 33.7 Å². The Labute approximate surface area is 141 Å². The number of benzene rings is 1. The van der Waals surface area contributed by atoms with Crippen LogP contribution in [0.15, 0.2) is 22.7 Å². The Morgan fingerprint density at radius 2 is 1.86 bits per heavy atom. The number of rotatable bonds is 2. The highest BCUT2D eigenvalue weighted by atomic mass is 79.9. The zero-order chi connectivity index (χ0) is 15.8. The minimum atomic E-state index is -0.253. The summed E-state index contributed by atoms with van der Waals surface area (Å²) in [4.78, 5) is 8.68. The first kappa shape index (κ1) is 16.3. The van der Waals surface area contributed by atoms with Crippen LogP contribution in [-0.4, -0.2) is 9.97 Å². The first-order chi connectivity index (χ1) is 9.68. The molecule has 2 N–H and O–H groups in total. The van der Waals surface area contributed by atoms with Crippen molar-refractivity contribution in [3.8, 4) is 11.6 Å². The maximum absolute atomic E-state index is 6.10. The normalized spacial score (nSPS) is 11.5. The Hall–Kier alpha value is -1.04. The monoisotopic (exact) mass is 389 g/mol. The van der Waals surface area contributed by atoms with Crippen molar-refractivity contribution >= 4 is 44.9 Å². The molecule has 2 aromatic rings. The molecule has 0 spiro atoms. The minimum absolute atomic E-state index is 0.253. The summed E-state index contributed by atoms with van der Waals surface area (Å²) < 4.78 is 6.23. The molecule has 4 nitrogen and oxygen atoms in total. The van der Waals surface area contributed by atoms with Crippen LogP contribution in [-0.2, 0) is 5.41 Å². The standard InChI is InChI=1S/C14H14BrCl2N3O/c1-14(2,3)13-19-11(18)10(15)12(20-13)21-9-5-4-7(16)6-8(9)17/h4-6H,1-3H3,(H2,18,19,20). The number of hydrogen-bond acceptors (Lipinski definition) is 4. The Bertz CT molecular complexity index is 687. The molecule has 0 atom stereocenters. The van der Waals surface area contributed by atoms with Crippen LogP contribution < -0.4 is 10.5 Å². The second kappa shape index (κ2) is 5.99. The van der Waals surface area contributed by atoms with Crippen LogP contribution in [0.25, 0.3) is 0 Å². The fraction of sp³-hybridized carbons (Fsp3) is 0.286. The number of anilines is 1. The number of nitrogens with zero attached hydrogens (tertiary/aromatic N) is 2. The van der Waals surface area contributed by atoms with E-state index < -0.39 is 0 Å². The fourth-order valence-electron chi connectivity index (χ4n) is 1.51. The molecule has 0 saturated heterocycles. The van der Waals surface area contributed by atoms with Gasteiger partial charge in [0.15, 0.2) is 0 Å². The third kappa shape index (κ3) is 3.78. The Morgan fingerprint density at radius 3 is 2.43 bits per heavy atom. The van der Waals surface area contributed by atoms with Gasteiger partial charge in [-0.25, -0.2) is 4.98 Å². The predicted molar refractivity (Wildman–Crippen MR) is 89.4 cm³/mol. The van der Waals surface area contributed by atoms with Crippen LogP contribution >= 0.6 is 39.1 Å². The van der Waals surface area contributed by atoms with E-state index >= 15 is 0 Å². The largest absolute Gasteiger partial charge is 0.436 e. The first-order valence-electron chi connectivity index (χ1n) is 6.15. The molecule has 0 bridgehead atoms. The molecule has 0 saturated carbocycles. The molecule has 7 heteroatoms. The second-order valence-electron chi connectivity index (χ2n) is 5.48. The molecule has 1 heterocycles. The molecule has 0 radical (unpaired) electrons. The number of nitrogens with two attached hydrogens (primary N) is 1. The van der Waals surface area contributed by atoms with Gasteiger partial charge in [0.25, 0.3) is 0 Å². The molecule has 2 rings (SSSR count). The van der Waals surface area contributed by atoms with Crippen molar-refractivity contribution in [2.24, 2.45) is 0 Å². The van der Waals surface area contributed by atoms with Crippen LogP contribution in [0.4, 0.5) is 5.82 Å². The van der Waals surface area contributed by atoms with Gasteiger partial charge >= 0.3 is 0 Å². The summed E-state index contributed by atoms with van der Waals surface area (Å²) in [5.74, 6) is 1.66. The van der Waals surface area contributed by atoms with Gasteiger partial charge in [0.1, 0.15) is 21.9 Å². The van der Waals surface area contributed by atoms with Crippen molar-refractivity contribution < 1.29 is 4.74 Å². The maximum atomic E-state index is 6.10. The van der Waals surface area contributed by atoms with Gasteiger partial charge in [-0.1, -0.05) is 44.0 Å². The zero-order valence-corrected chi connectivity index (χ0v) is 14.8. The molecule has 1 aromatic heterocycles. The molecule has 0 fully saturated rings. The number of nitrogen functional groups attached to an aromatic ring is 1. The third-order valence-electron chi connectivity index (χ3n) is 2.62. The number of ether oxygens (including phenoxy) is 1. The second-order valence-corrected chi connectivity index (χ2v) is 7.12. The summed E-state index contributed by atoms with van der Waals surface area (Å²) in [6.45, 7) is 5.98. The van der Waals surface area contributed by atoms with E-state index in [1.54, 1.807) is 18.2 Å². The molecule has 0 aliphatic carbocycles. The lowest BCUT2D eigenvalue weighted by molar-refractivity contribution is 0.443. The van der Waals surface area contributed by atoms with Crippen LogP contribution in [0, 0.1) is 0 Å². The molecule has 0 amide bonds. The Kier molecular flexibility index (Phi) is 4.66. The van der Waals surface area contributed by atoms with Gasteiger partial charge in [-0.15, -0.1) is 0 Å². The highest BCUT2D eigenvalue weighted by molar-refractivity contribution is 9.10. The summed E-state index contributed by atoms with van der Waals surface area (Å²) in [7, 11) is 0. The average Bonchev–Trinajstić information content (AvgIpc) is 2.36. The molecule has 21 heavy (non-hydrogen) atoms. The van der Waals surface area contributed by atoms with Crippen LogP contribution in [0.1, 0.15) is 26.6 Å². The van der Waals surface area contributed by atoms with E-state index in [0.717, 1.165) is 0 Å². The van der Waals surface area contributed by atoms with Gasteiger partial charge in [-0.2, -0.15) is 4.98 Å². The summed E-state index contributed by atoms with van der Waals surface area (Å²) in [5, 5.41) is 0.924. The predicted octanol–water partition coefficient (Wildman–Crippen LogP) is 5.22. The number of halogens is 3. The molecule has 0 aliphatic rings. The van der Waals surface area contributed by atoms with Crippen LogP contribution in [0.2, 0.25) is 10.0 Å². The van der Waals surface area contributed by atoms with Crippen molar-refractivity contribution in [2.75, 3.05) is 5.73 Å². The van der Waals surface area contributed by atoms with E-state index in [-0.39, 0.29) is 5.41 Å². The van der Waals surface area contributed by atoms with Crippen molar-refractivity contribution in [3.05, 3.63) is 38.5 Å². The van der Waals surface area contributed by atoms with Crippen molar-refractivity contribution in [1.82, 2.24) is 9.97 Å². The smallest absolute Gasteiger partial charge is 0.239 e. The topological polar surface area (TPSA) is 61.0 Å². The lowest BCUT2D eigenvalue weighted by Gasteiger charge is -2.19. The summed E-state index contributed by atoms with van der Waals surface area (Å²) in [6, 6.07) is 4.96. The maximum Gasteiger partial charge on any atom is 0.239 e. The molecule has 1 aromatic carbocycles. The van der Waals surface area contributed by atoms with Crippen LogP contribution in [0.3, 0.4) is 0 Å². The minimum Gasteiger partial charge on any atom is -0.436 e. The SMILES string of the molecule is CC(C)(C)c1nc(N)c(Br)c(Oc2ccc(Cl)cc2Cl)n1. The molecule has 0 unspecified atom stereocenters. The van der Waals surface area contributed by atoms with Gasteiger partial charge in [0, 0.05) is 10.4 Å². The van der Waals surface area contributed by atoms with Crippen molar-refractivity contribution in [1.29, 1.82) is 0 Å². The van der Waals surface area contributed by atoms with E-state index in [1.807, 2.05) is 20.8 Å². The molecular formula is C14H14BrCl2N3O. The lowest BCUT2D eigenvalue weighted by Crippen LogP contribution is -2.17.